The maximum atomic E-state index is 12.5. The van der Waals surface area contributed by atoms with Crippen LogP contribution in [0.5, 0.6) is 23.0 Å². The van der Waals surface area contributed by atoms with Crippen molar-refractivity contribution in [1.82, 2.24) is 0 Å². The number of rotatable bonds is 3. The van der Waals surface area contributed by atoms with Crippen molar-refractivity contribution >= 4 is 45.2 Å². The first-order valence-corrected chi connectivity index (χ1v) is 8.73. The molecule has 2 aromatic carbocycles. The second-order valence-electron chi connectivity index (χ2n) is 5.41. The molecular formula is C18H14BrNO6. The van der Waals surface area contributed by atoms with E-state index in [1.54, 1.807) is 24.3 Å². The van der Waals surface area contributed by atoms with Crippen LogP contribution in [0.2, 0.25) is 0 Å². The molecule has 7 nitrogen and oxygen atoms in total. The molecule has 0 fully saturated rings. The highest BCUT2D eigenvalue weighted by atomic mass is 79.9. The molecule has 0 N–H and O–H groups in total. The van der Waals surface area contributed by atoms with Crippen molar-refractivity contribution in [3.63, 3.8) is 0 Å². The maximum Gasteiger partial charge on any atom is 0.308 e. The molecule has 0 atom stereocenters. The molecule has 1 aliphatic rings. The molecule has 0 saturated heterocycles. The number of nitrogens with zero attached hydrogens (tertiary/aromatic N) is 1. The molecule has 2 aromatic rings. The van der Waals surface area contributed by atoms with Crippen molar-refractivity contribution in [2.45, 2.75) is 13.8 Å². The molecule has 0 saturated carbocycles. The van der Waals surface area contributed by atoms with E-state index < -0.39 is 11.9 Å². The third-order valence-electron chi connectivity index (χ3n) is 3.45. The molecule has 1 heterocycles. The van der Waals surface area contributed by atoms with Gasteiger partial charge in [0, 0.05) is 26.0 Å². The number of hydrogen-bond donors (Lipinski definition) is 0. The number of anilines is 2. The lowest BCUT2D eigenvalue weighted by atomic mass is 10.1. The van der Waals surface area contributed by atoms with Crippen LogP contribution in [0.25, 0.3) is 0 Å². The van der Waals surface area contributed by atoms with E-state index in [9.17, 15) is 14.4 Å². The average Bonchev–Trinajstić information content (AvgIpc) is 2.57. The van der Waals surface area contributed by atoms with Gasteiger partial charge >= 0.3 is 11.9 Å². The Labute approximate surface area is 157 Å². The van der Waals surface area contributed by atoms with E-state index in [4.69, 9.17) is 14.2 Å². The van der Waals surface area contributed by atoms with Gasteiger partial charge in [-0.05, 0) is 24.3 Å². The summed E-state index contributed by atoms with van der Waals surface area (Å²) in [6.07, 6.45) is 0. The number of hydrogen-bond acceptors (Lipinski definition) is 6. The summed E-state index contributed by atoms with van der Waals surface area (Å²) in [6.45, 7) is 2.59. The lowest BCUT2D eigenvalue weighted by Gasteiger charge is -2.31. The Bertz CT molecular complexity index is 845. The fraction of sp³-hybridized carbons (Fsp3) is 0.167. The Kier molecular flexibility index (Phi) is 4.94. The van der Waals surface area contributed by atoms with Gasteiger partial charge in [0.1, 0.15) is 11.5 Å². The average molecular weight is 420 g/mol. The van der Waals surface area contributed by atoms with Crippen LogP contribution in [0.1, 0.15) is 13.8 Å². The standard InChI is InChI=1S/C18H14BrNO6/c1-10(21)24-12-3-5-14-16(7-12)26-17-8-13(25-11(2)22)4-6-15(17)20(14)18(23)9-19/h3-8H,9H2,1-2H3. The third-order valence-corrected chi connectivity index (χ3v) is 3.93. The second kappa shape index (κ2) is 7.17. The van der Waals surface area contributed by atoms with Crippen molar-refractivity contribution in [2.75, 3.05) is 10.2 Å². The van der Waals surface area contributed by atoms with Gasteiger partial charge in [-0.1, -0.05) is 15.9 Å². The minimum absolute atomic E-state index is 0.100. The fourth-order valence-corrected chi connectivity index (χ4v) is 2.81. The van der Waals surface area contributed by atoms with E-state index in [0.29, 0.717) is 34.4 Å². The highest BCUT2D eigenvalue weighted by Crippen LogP contribution is 2.49. The van der Waals surface area contributed by atoms with Crippen LogP contribution < -0.4 is 19.1 Å². The van der Waals surface area contributed by atoms with Crippen molar-refractivity contribution in [3.8, 4) is 23.0 Å². The zero-order valence-corrected chi connectivity index (χ0v) is 15.5. The molecule has 3 rings (SSSR count). The van der Waals surface area contributed by atoms with Crippen LogP contribution in [0, 0.1) is 0 Å². The molecule has 8 heteroatoms. The SMILES string of the molecule is CC(=O)Oc1ccc2c(c1)Oc1cc(OC(C)=O)ccc1N2C(=O)CBr. The number of esters is 2. The van der Waals surface area contributed by atoms with Crippen LogP contribution in [-0.2, 0) is 14.4 Å². The Morgan fingerprint density at radius 3 is 1.77 bits per heavy atom. The Hall–Kier alpha value is -2.87. The molecule has 0 aromatic heterocycles. The topological polar surface area (TPSA) is 82.1 Å². The molecule has 0 aliphatic carbocycles. The number of benzene rings is 2. The first-order chi connectivity index (χ1) is 12.4. The lowest BCUT2D eigenvalue weighted by molar-refractivity contribution is -0.132. The van der Waals surface area contributed by atoms with Crippen LogP contribution in [-0.4, -0.2) is 23.2 Å². The van der Waals surface area contributed by atoms with Gasteiger partial charge in [-0.15, -0.1) is 0 Å². The number of halogens is 1. The van der Waals surface area contributed by atoms with Gasteiger partial charge in [-0.3, -0.25) is 19.3 Å². The molecule has 0 spiro atoms. The molecule has 0 radical (unpaired) electrons. The van der Waals surface area contributed by atoms with E-state index in [2.05, 4.69) is 15.9 Å². The first kappa shape index (κ1) is 17.9. The zero-order valence-electron chi connectivity index (χ0n) is 13.9. The van der Waals surface area contributed by atoms with Crippen LogP contribution in [0.4, 0.5) is 11.4 Å². The molecular weight excluding hydrogens is 406 g/mol. The summed E-state index contributed by atoms with van der Waals surface area (Å²) >= 11 is 3.18. The Balaban J connectivity index is 2.08. The number of fused-ring (bicyclic) bond motifs is 2. The summed E-state index contributed by atoms with van der Waals surface area (Å²) in [6, 6.07) is 9.47. The summed E-state index contributed by atoms with van der Waals surface area (Å²) < 4.78 is 16.0. The minimum atomic E-state index is -0.466. The van der Waals surface area contributed by atoms with Crippen molar-refractivity contribution in [1.29, 1.82) is 0 Å². The van der Waals surface area contributed by atoms with E-state index in [0.717, 1.165) is 0 Å². The molecule has 1 aliphatic heterocycles. The summed E-state index contributed by atoms with van der Waals surface area (Å²) in [5.41, 5.74) is 1.02. The monoisotopic (exact) mass is 419 g/mol. The zero-order chi connectivity index (χ0) is 18.8. The summed E-state index contributed by atoms with van der Waals surface area (Å²) in [4.78, 5) is 36.3. The van der Waals surface area contributed by atoms with Gasteiger partial charge < -0.3 is 14.2 Å². The molecule has 0 bridgehead atoms. The molecule has 0 unspecified atom stereocenters. The largest absolute Gasteiger partial charge is 0.453 e. The first-order valence-electron chi connectivity index (χ1n) is 7.60. The van der Waals surface area contributed by atoms with Crippen LogP contribution in [0.3, 0.4) is 0 Å². The molecule has 1 amide bonds. The summed E-state index contributed by atoms with van der Waals surface area (Å²) in [7, 11) is 0. The summed E-state index contributed by atoms with van der Waals surface area (Å²) in [5, 5.41) is 0.100. The molecule has 26 heavy (non-hydrogen) atoms. The minimum Gasteiger partial charge on any atom is -0.453 e. The van der Waals surface area contributed by atoms with Crippen LogP contribution >= 0.6 is 15.9 Å². The van der Waals surface area contributed by atoms with E-state index in [-0.39, 0.29) is 11.2 Å². The van der Waals surface area contributed by atoms with Gasteiger partial charge in [0.2, 0.25) is 5.91 Å². The quantitative estimate of drug-likeness (QED) is 0.428. The third kappa shape index (κ3) is 3.55. The van der Waals surface area contributed by atoms with Crippen molar-refractivity contribution < 1.29 is 28.6 Å². The summed E-state index contributed by atoms with van der Waals surface area (Å²) in [5.74, 6) is 0.120. The van der Waals surface area contributed by atoms with Gasteiger partial charge in [0.05, 0.1) is 16.7 Å². The highest BCUT2D eigenvalue weighted by Gasteiger charge is 2.29. The van der Waals surface area contributed by atoms with Crippen molar-refractivity contribution in [3.05, 3.63) is 36.4 Å². The van der Waals surface area contributed by atoms with E-state index >= 15 is 0 Å². The predicted molar refractivity (Wildman–Crippen MR) is 96.5 cm³/mol. The normalized spacial score (nSPS) is 11.7. The van der Waals surface area contributed by atoms with E-state index in [1.807, 2.05) is 0 Å². The number of ether oxygens (including phenoxy) is 3. The predicted octanol–water partition coefficient (Wildman–Crippen LogP) is 3.70. The maximum absolute atomic E-state index is 12.5. The van der Waals surface area contributed by atoms with E-state index in [1.165, 1.54) is 30.9 Å². The fourth-order valence-electron chi connectivity index (χ4n) is 2.56. The van der Waals surface area contributed by atoms with Crippen LogP contribution in [0.15, 0.2) is 36.4 Å². The number of alkyl halides is 1. The van der Waals surface area contributed by atoms with Gasteiger partial charge in [-0.25, -0.2) is 0 Å². The smallest absolute Gasteiger partial charge is 0.308 e. The highest BCUT2D eigenvalue weighted by molar-refractivity contribution is 9.09. The lowest BCUT2D eigenvalue weighted by Crippen LogP contribution is -2.29. The van der Waals surface area contributed by atoms with Gasteiger partial charge in [-0.2, -0.15) is 0 Å². The number of carbonyl (C=O) groups is 3. The van der Waals surface area contributed by atoms with Gasteiger partial charge in [0.15, 0.2) is 11.5 Å². The number of amides is 1. The van der Waals surface area contributed by atoms with Crippen molar-refractivity contribution in [2.24, 2.45) is 0 Å². The number of carbonyl (C=O) groups excluding carboxylic acids is 3. The van der Waals surface area contributed by atoms with Gasteiger partial charge in [0.25, 0.3) is 0 Å². The second-order valence-corrected chi connectivity index (χ2v) is 5.97. The Morgan fingerprint density at radius 2 is 1.38 bits per heavy atom. The Morgan fingerprint density at radius 1 is 0.923 bits per heavy atom. The molecule has 134 valence electrons.